The second-order valence-electron chi connectivity index (χ2n) is 7.59. The van der Waals surface area contributed by atoms with Gasteiger partial charge >= 0.3 is 0 Å². The van der Waals surface area contributed by atoms with Crippen LogP contribution in [0.2, 0.25) is 0 Å². The lowest BCUT2D eigenvalue weighted by Gasteiger charge is -2.33. The number of rotatable bonds is 4. The molecule has 1 unspecified atom stereocenters. The highest BCUT2D eigenvalue weighted by Crippen LogP contribution is 2.32. The Kier molecular flexibility index (Phi) is 5.43. The van der Waals surface area contributed by atoms with E-state index in [9.17, 15) is 13.2 Å². The molecule has 11 heteroatoms. The molecule has 2 aromatic heterocycles. The SMILES string of the molecule is CCn1nccc1C(=O)N1CCc2nnc(C3CCCCN3S(C)(=O)=O)n2CC1. The van der Waals surface area contributed by atoms with Crippen molar-refractivity contribution in [3.05, 3.63) is 29.6 Å². The molecule has 2 aromatic rings. The number of fused-ring (bicyclic) bond motifs is 1. The van der Waals surface area contributed by atoms with Crippen molar-refractivity contribution in [2.24, 2.45) is 0 Å². The van der Waals surface area contributed by atoms with Gasteiger partial charge in [-0.3, -0.25) is 9.48 Å². The van der Waals surface area contributed by atoms with Crippen LogP contribution >= 0.6 is 0 Å². The van der Waals surface area contributed by atoms with E-state index in [2.05, 4.69) is 15.3 Å². The molecule has 0 radical (unpaired) electrons. The smallest absolute Gasteiger partial charge is 0.272 e. The van der Waals surface area contributed by atoms with Crippen LogP contribution < -0.4 is 0 Å². The largest absolute Gasteiger partial charge is 0.335 e. The maximum Gasteiger partial charge on any atom is 0.272 e. The third-order valence-corrected chi connectivity index (χ3v) is 7.04. The summed E-state index contributed by atoms with van der Waals surface area (Å²) in [6.07, 6.45) is 6.05. The molecule has 0 spiro atoms. The van der Waals surface area contributed by atoms with E-state index in [1.165, 1.54) is 6.26 Å². The Morgan fingerprint density at radius 2 is 2.00 bits per heavy atom. The van der Waals surface area contributed by atoms with Gasteiger partial charge in [0.2, 0.25) is 10.0 Å². The molecule has 0 aromatic carbocycles. The molecule has 2 aliphatic heterocycles. The first-order valence-electron chi connectivity index (χ1n) is 10.1. The van der Waals surface area contributed by atoms with Gasteiger partial charge in [-0.15, -0.1) is 10.2 Å². The number of hydrogen-bond donors (Lipinski definition) is 0. The van der Waals surface area contributed by atoms with Crippen LogP contribution in [0, 0.1) is 0 Å². The molecule has 10 nitrogen and oxygen atoms in total. The maximum atomic E-state index is 13.0. The van der Waals surface area contributed by atoms with Crippen molar-refractivity contribution in [1.29, 1.82) is 0 Å². The third kappa shape index (κ3) is 3.80. The van der Waals surface area contributed by atoms with Gasteiger partial charge in [-0.05, 0) is 25.8 Å². The summed E-state index contributed by atoms with van der Waals surface area (Å²) >= 11 is 0. The van der Waals surface area contributed by atoms with Crippen molar-refractivity contribution in [1.82, 2.24) is 33.8 Å². The minimum absolute atomic E-state index is 0.0416. The molecular weight excluding hydrogens is 394 g/mol. The molecule has 1 saturated heterocycles. The number of carbonyl (C=O) groups is 1. The zero-order valence-electron chi connectivity index (χ0n) is 16.9. The van der Waals surface area contributed by atoms with Crippen molar-refractivity contribution >= 4 is 15.9 Å². The highest BCUT2D eigenvalue weighted by molar-refractivity contribution is 7.88. The molecule has 0 bridgehead atoms. The number of piperidine rings is 1. The first kappa shape index (κ1) is 20.0. The fourth-order valence-corrected chi connectivity index (χ4v) is 5.41. The molecule has 29 heavy (non-hydrogen) atoms. The van der Waals surface area contributed by atoms with Crippen LogP contribution in [0.25, 0.3) is 0 Å². The normalized spacial score (nSPS) is 21.0. The topological polar surface area (TPSA) is 106 Å². The molecule has 0 N–H and O–H groups in total. The van der Waals surface area contributed by atoms with Crippen LogP contribution in [-0.2, 0) is 29.5 Å². The van der Waals surface area contributed by atoms with Crippen LogP contribution in [0.3, 0.4) is 0 Å². The van der Waals surface area contributed by atoms with E-state index in [1.807, 2.05) is 16.4 Å². The van der Waals surface area contributed by atoms with E-state index in [4.69, 9.17) is 0 Å². The van der Waals surface area contributed by atoms with Crippen LogP contribution in [-0.4, -0.2) is 74.0 Å². The molecule has 1 amide bonds. The summed E-state index contributed by atoms with van der Waals surface area (Å²) < 4.78 is 29.8. The lowest BCUT2D eigenvalue weighted by molar-refractivity contribution is 0.0746. The molecule has 1 fully saturated rings. The summed E-state index contributed by atoms with van der Waals surface area (Å²) in [6, 6.07) is 1.46. The predicted molar refractivity (Wildman–Crippen MR) is 106 cm³/mol. The average Bonchev–Trinajstić information content (AvgIpc) is 3.29. The Balaban J connectivity index is 1.56. The van der Waals surface area contributed by atoms with Gasteiger partial charge in [0.05, 0.1) is 12.3 Å². The van der Waals surface area contributed by atoms with Crippen molar-refractivity contribution in [3.63, 3.8) is 0 Å². The lowest BCUT2D eigenvalue weighted by atomic mass is 10.0. The molecule has 0 saturated carbocycles. The van der Waals surface area contributed by atoms with E-state index in [0.29, 0.717) is 50.7 Å². The molecule has 2 aliphatic rings. The summed E-state index contributed by atoms with van der Waals surface area (Å²) in [6.45, 7) is 4.73. The van der Waals surface area contributed by atoms with Gasteiger partial charge in [0.25, 0.3) is 5.91 Å². The van der Waals surface area contributed by atoms with Gasteiger partial charge in [-0.1, -0.05) is 6.42 Å². The van der Waals surface area contributed by atoms with Crippen molar-refractivity contribution in [2.45, 2.75) is 51.7 Å². The van der Waals surface area contributed by atoms with E-state index in [-0.39, 0.29) is 11.9 Å². The van der Waals surface area contributed by atoms with Crippen LogP contribution in [0.15, 0.2) is 12.3 Å². The molecule has 4 rings (SSSR count). The Hall–Kier alpha value is -2.27. The molecule has 0 aliphatic carbocycles. The van der Waals surface area contributed by atoms with Gasteiger partial charge < -0.3 is 9.47 Å². The zero-order valence-corrected chi connectivity index (χ0v) is 17.7. The number of carbonyl (C=O) groups excluding carboxylic acids is 1. The highest BCUT2D eigenvalue weighted by Gasteiger charge is 2.35. The van der Waals surface area contributed by atoms with Crippen LogP contribution in [0.1, 0.15) is 54.4 Å². The zero-order chi connectivity index (χ0) is 20.6. The highest BCUT2D eigenvalue weighted by atomic mass is 32.2. The van der Waals surface area contributed by atoms with Gasteiger partial charge in [-0.25, -0.2) is 8.42 Å². The summed E-state index contributed by atoms with van der Waals surface area (Å²) in [5, 5.41) is 12.9. The number of hydrogen-bond acceptors (Lipinski definition) is 6. The average molecular weight is 422 g/mol. The number of amides is 1. The Morgan fingerprint density at radius 3 is 2.76 bits per heavy atom. The monoisotopic (exact) mass is 421 g/mol. The van der Waals surface area contributed by atoms with E-state index in [0.717, 1.165) is 25.1 Å². The fourth-order valence-electron chi connectivity index (χ4n) is 4.28. The summed E-state index contributed by atoms with van der Waals surface area (Å²) in [7, 11) is -3.32. The number of aromatic nitrogens is 5. The lowest BCUT2D eigenvalue weighted by Crippen LogP contribution is -2.39. The van der Waals surface area contributed by atoms with E-state index < -0.39 is 10.0 Å². The predicted octanol–water partition coefficient (Wildman–Crippen LogP) is 0.680. The summed E-state index contributed by atoms with van der Waals surface area (Å²) in [4.78, 5) is 14.8. The van der Waals surface area contributed by atoms with E-state index >= 15 is 0 Å². The first-order valence-corrected chi connectivity index (χ1v) is 11.9. The molecule has 1 atom stereocenters. The second-order valence-corrected chi connectivity index (χ2v) is 9.52. The Bertz CT molecular complexity index is 997. The molecule has 4 heterocycles. The van der Waals surface area contributed by atoms with Gasteiger partial charge in [0.15, 0.2) is 5.82 Å². The standard InChI is InChI=1S/C18H27N7O3S/c1-3-24-15(7-9-19-24)18(26)22-11-8-16-20-21-17(23(16)13-12-22)14-6-4-5-10-25(14)29(2,27)28/h7,9,14H,3-6,8,10-13H2,1-2H3. The second kappa shape index (κ2) is 7.86. The molecule has 158 valence electrons. The van der Waals surface area contributed by atoms with Crippen LogP contribution in [0.4, 0.5) is 0 Å². The van der Waals surface area contributed by atoms with Crippen LogP contribution in [0.5, 0.6) is 0 Å². The maximum absolute atomic E-state index is 13.0. The minimum atomic E-state index is -3.32. The number of sulfonamides is 1. The summed E-state index contributed by atoms with van der Waals surface area (Å²) in [5.74, 6) is 1.45. The minimum Gasteiger partial charge on any atom is -0.335 e. The van der Waals surface area contributed by atoms with Gasteiger partial charge in [0.1, 0.15) is 11.5 Å². The Labute approximate surface area is 170 Å². The molecular formula is C18H27N7O3S. The van der Waals surface area contributed by atoms with E-state index in [1.54, 1.807) is 21.3 Å². The third-order valence-electron chi connectivity index (χ3n) is 5.75. The van der Waals surface area contributed by atoms with Gasteiger partial charge in [-0.2, -0.15) is 9.40 Å². The number of nitrogens with zero attached hydrogens (tertiary/aromatic N) is 7. The van der Waals surface area contributed by atoms with Crippen molar-refractivity contribution in [3.8, 4) is 0 Å². The fraction of sp³-hybridized carbons (Fsp3) is 0.667. The summed E-state index contributed by atoms with van der Waals surface area (Å²) in [5.41, 5.74) is 0.584. The van der Waals surface area contributed by atoms with Crippen molar-refractivity contribution in [2.75, 3.05) is 25.9 Å². The van der Waals surface area contributed by atoms with Gasteiger partial charge in [0, 0.05) is 45.3 Å². The quantitative estimate of drug-likeness (QED) is 0.719. The Morgan fingerprint density at radius 1 is 1.17 bits per heavy atom. The first-order chi connectivity index (χ1) is 13.9. The number of aryl methyl sites for hydroxylation is 1. The van der Waals surface area contributed by atoms with Crippen molar-refractivity contribution < 1.29 is 13.2 Å².